The van der Waals surface area contributed by atoms with Crippen molar-refractivity contribution in [2.75, 3.05) is 26.2 Å². The lowest BCUT2D eigenvalue weighted by atomic mass is 9.91. The van der Waals surface area contributed by atoms with Crippen molar-refractivity contribution in [1.82, 2.24) is 10.2 Å². The summed E-state index contributed by atoms with van der Waals surface area (Å²) in [5.41, 5.74) is 5.80. The molecule has 1 aromatic carbocycles. The molecule has 0 spiro atoms. The molecule has 3 N–H and O–H groups in total. The van der Waals surface area contributed by atoms with Gasteiger partial charge in [-0.05, 0) is 50.8 Å². The van der Waals surface area contributed by atoms with Crippen molar-refractivity contribution in [3.63, 3.8) is 0 Å². The Balaban J connectivity index is 1.72. The van der Waals surface area contributed by atoms with Gasteiger partial charge in [0.2, 0.25) is 5.91 Å². The summed E-state index contributed by atoms with van der Waals surface area (Å²) in [7, 11) is 0. The summed E-state index contributed by atoms with van der Waals surface area (Å²) in [5, 5.41) is 2.86. The molecule has 2 rings (SSSR count). The number of rotatable bonds is 6. The molecule has 1 aromatic rings. The minimum atomic E-state index is -4.14. The quantitative estimate of drug-likeness (QED) is 0.823. The van der Waals surface area contributed by atoms with Crippen molar-refractivity contribution < 1.29 is 18.0 Å². The lowest BCUT2D eigenvalue weighted by Crippen LogP contribution is -2.49. The summed E-state index contributed by atoms with van der Waals surface area (Å²) in [6.07, 6.45) is -1.92. The predicted octanol–water partition coefficient (Wildman–Crippen LogP) is 2.64. The summed E-state index contributed by atoms with van der Waals surface area (Å²) in [5.74, 6) is 0.0961. The van der Waals surface area contributed by atoms with Crippen LogP contribution in [0.25, 0.3) is 0 Å². The predicted molar refractivity (Wildman–Crippen MR) is 90.8 cm³/mol. The van der Waals surface area contributed by atoms with E-state index in [2.05, 4.69) is 5.32 Å². The Bertz CT molecular complexity index is 552. The molecule has 1 amide bonds. The maximum absolute atomic E-state index is 12.4. The average molecular weight is 357 g/mol. The molecule has 25 heavy (non-hydrogen) atoms. The van der Waals surface area contributed by atoms with Crippen LogP contribution in [-0.4, -0.2) is 43.2 Å². The molecule has 140 valence electrons. The van der Waals surface area contributed by atoms with Gasteiger partial charge in [0.15, 0.2) is 0 Å². The van der Waals surface area contributed by atoms with Gasteiger partial charge in [-0.2, -0.15) is 13.2 Å². The molecule has 0 radical (unpaired) electrons. The van der Waals surface area contributed by atoms with Gasteiger partial charge >= 0.3 is 6.18 Å². The third-order valence-corrected chi connectivity index (χ3v) is 4.79. The molecule has 7 heteroatoms. The maximum Gasteiger partial charge on any atom is 0.401 e. The van der Waals surface area contributed by atoms with Crippen molar-refractivity contribution in [3.05, 3.63) is 35.9 Å². The first-order chi connectivity index (χ1) is 11.7. The van der Waals surface area contributed by atoms with E-state index in [9.17, 15) is 18.0 Å². The van der Waals surface area contributed by atoms with Crippen LogP contribution in [0.2, 0.25) is 0 Å². The Morgan fingerprint density at radius 2 is 1.84 bits per heavy atom. The SMILES string of the molecule is CC(N)(C(=O)NCCC1CCN(CC(F)(F)F)CC1)c1ccccc1. The monoisotopic (exact) mass is 357 g/mol. The number of nitrogens with two attached hydrogens (primary N) is 1. The second-order valence-electron chi connectivity index (χ2n) is 6.95. The molecule has 4 nitrogen and oxygen atoms in total. The number of hydrogen-bond acceptors (Lipinski definition) is 3. The van der Waals surface area contributed by atoms with E-state index >= 15 is 0 Å². The van der Waals surface area contributed by atoms with E-state index in [1.807, 2.05) is 30.3 Å². The molecular weight excluding hydrogens is 331 g/mol. The van der Waals surface area contributed by atoms with Gasteiger partial charge in [0, 0.05) is 6.54 Å². The van der Waals surface area contributed by atoms with E-state index in [-0.39, 0.29) is 5.91 Å². The first kappa shape index (κ1) is 19.7. The summed E-state index contributed by atoms with van der Waals surface area (Å²) in [6, 6.07) is 9.17. The fourth-order valence-corrected chi connectivity index (χ4v) is 3.18. The second kappa shape index (κ2) is 8.19. The van der Waals surface area contributed by atoms with E-state index < -0.39 is 18.3 Å². The number of halogens is 3. The van der Waals surface area contributed by atoms with Crippen molar-refractivity contribution in [1.29, 1.82) is 0 Å². The standard InChI is InChI=1S/C18H26F3N3O/c1-17(22,15-5-3-2-4-6-15)16(25)23-10-7-14-8-11-24(12-9-14)13-18(19,20)21/h2-6,14H,7-13,22H2,1H3,(H,23,25). The molecule has 1 heterocycles. The summed E-state index contributed by atoms with van der Waals surface area (Å²) in [4.78, 5) is 13.8. The van der Waals surface area contributed by atoms with E-state index in [0.29, 0.717) is 25.6 Å². The van der Waals surface area contributed by atoms with Crippen LogP contribution in [0.15, 0.2) is 30.3 Å². The molecule has 0 aliphatic carbocycles. The molecule has 0 saturated carbocycles. The van der Waals surface area contributed by atoms with Crippen LogP contribution in [0.4, 0.5) is 13.2 Å². The minimum Gasteiger partial charge on any atom is -0.354 e. The van der Waals surface area contributed by atoms with E-state index in [4.69, 9.17) is 5.73 Å². The largest absolute Gasteiger partial charge is 0.401 e. The number of benzene rings is 1. The summed E-state index contributed by atoms with van der Waals surface area (Å²) >= 11 is 0. The van der Waals surface area contributed by atoms with E-state index in [0.717, 1.165) is 24.8 Å². The van der Waals surface area contributed by atoms with Crippen molar-refractivity contribution in [3.8, 4) is 0 Å². The molecule has 1 aliphatic rings. The van der Waals surface area contributed by atoms with Crippen LogP contribution < -0.4 is 11.1 Å². The van der Waals surface area contributed by atoms with Gasteiger partial charge in [0.05, 0.1) is 6.54 Å². The Hall–Kier alpha value is -1.60. The lowest BCUT2D eigenvalue weighted by molar-refractivity contribution is -0.148. The first-order valence-electron chi connectivity index (χ1n) is 8.60. The number of nitrogens with zero attached hydrogens (tertiary/aromatic N) is 1. The number of hydrogen-bond donors (Lipinski definition) is 2. The fourth-order valence-electron chi connectivity index (χ4n) is 3.18. The Morgan fingerprint density at radius 1 is 1.24 bits per heavy atom. The molecule has 1 unspecified atom stereocenters. The zero-order valence-corrected chi connectivity index (χ0v) is 14.5. The van der Waals surface area contributed by atoms with Gasteiger partial charge in [-0.15, -0.1) is 0 Å². The van der Waals surface area contributed by atoms with Gasteiger partial charge in [-0.3, -0.25) is 9.69 Å². The van der Waals surface area contributed by atoms with E-state index in [1.54, 1.807) is 6.92 Å². The zero-order valence-electron chi connectivity index (χ0n) is 14.5. The Labute approximate surface area is 146 Å². The highest BCUT2D eigenvalue weighted by Crippen LogP contribution is 2.24. The van der Waals surface area contributed by atoms with Crippen molar-refractivity contribution in [2.24, 2.45) is 11.7 Å². The number of piperidine rings is 1. The Morgan fingerprint density at radius 3 is 2.40 bits per heavy atom. The van der Waals surface area contributed by atoms with Crippen LogP contribution in [-0.2, 0) is 10.3 Å². The third kappa shape index (κ3) is 6.01. The van der Waals surface area contributed by atoms with Crippen LogP contribution >= 0.6 is 0 Å². The first-order valence-corrected chi connectivity index (χ1v) is 8.60. The van der Waals surface area contributed by atoms with Crippen molar-refractivity contribution >= 4 is 5.91 Å². The van der Waals surface area contributed by atoms with Gasteiger partial charge in [-0.25, -0.2) is 0 Å². The van der Waals surface area contributed by atoms with E-state index in [1.165, 1.54) is 4.90 Å². The second-order valence-corrected chi connectivity index (χ2v) is 6.95. The average Bonchev–Trinajstić information content (AvgIpc) is 2.56. The molecule has 1 saturated heterocycles. The lowest BCUT2D eigenvalue weighted by Gasteiger charge is -2.32. The highest BCUT2D eigenvalue weighted by atomic mass is 19.4. The number of carbonyl (C=O) groups is 1. The van der Waals surface area contributed by atoms with Gasteiger partial charge in [0.1, 0.15) is 5.54 Å². The number of alkyl halides is 3. The highest BCUT2D eigenvalue weighted by Gasteiger charge is 2.33. The number of likely N-dealkylation sites (tertiary alicyclic amines) is 1. The number of carbonyl (C=O) groups excluding carboxylic acids is 1. The minimum absolute atomic E-state index is 0.242. The van der Waals surface area contributed by atoms with Crippen LogP contribution in [0.5, 0.6) is 0 Å². The molecule has 1 fully saturated rings. The van der Waals surface area contributed by atoms with Gasteiger partial charge in [-0.1, -0.05) is 30.3 Å². The number of nitrogens with one attached hydrogen (secondary N) is 1. The molecule has 0 aromatic heterocycles. The van der Waals surface area contributed by atoms with Crippen LogP contribution in [0.1, 0.15) is 31.7 Å². The number of amides is 1. The zero-order chi connectivity index (χ0) is 18.5. The highest BCUT2D eigenvalue weighted by molar-refractivity contribution is 5.86. The fraction of sp³-hybridized carbons (Fsp3) is 0.611. The molecular formula is C18H26F3N3O. The molecule has 1 atom stereocenters. The van der Waals surface area contributed by atoms with Gasteiger partial charge < -0.3 is 11.1 Å². The van der Waals surface area contributed by atoms with Crippen molar-refractivity contribution in [2.45, 2.75) is 37.9 Å². The Kier molecular flexibility index (Phi) is 6.46. The molecule has 1 aliphatic heterocycles. The topological polar surface area (TPSA) is 58.4 Å². The molecule has 0 bridgehead atoms. The maximum atomic E-state index is 12.4. The van der Waals surface area contributed by atoms with Crippen LogP contribution in [0.3, 0.4) is 0 Å². The van der Waals surface area contributed by atoms with Gasteiger partial charge in [0.25, 0.3) is 0 Å². The summed E-state index contributed by atoms with van der Waals surface area (Å²) in [6.45, 7) is 2.24. The smallest absolute Gasteiger partial charge is 0.354 e. The normalized spacial score (nSPS) is 19.4. The summed E-state index contributed by atoms with van der Waals surface area (Å²) < 4.78 is 37.1. The third-order valence-electron chi connectivity index (χ3n) is 4.79. The van der Waals surface area contributed by atoms with Crippen LogP contribution in [0, 0.1) is 5.92 Å².